The lowest BCUT2D eigenvalue weighted by atomic mass is 10.1. The SMILES string of the molecule is CC(=O)N1CCc2cc(C(=O)NCc3nc(C)c(-c4ccc(Cl)cc4)o3)ccc21. The van der Waals surface area contributed by atoms with Crippen LogP contribution in [0.5, 0.6) is 0 Å². The van der Waals surface area contributed by atoms with Crippen LogP contribution in [0.4, 0.5) is 5.69 Å². The number of aromatic nitrogens is 1. The monoisotopic (exact) mass is 409 g/mol. The van der Waals surface area contributed by atoms with Gasteiger partial charge in [-0.25, -0.2) is 4.98 Å². The second-order valence-corrected chi connectivity index (χ2v) is 7.41. The van der Waals surface area contributed by atoms with E-state index in [1.165, 1.54) is 0 Å². The van der Waals surface area contributed by atoms with E-state index in [-0.39, 0.29) is 18.4 Å². The van der Waals surface area contributed by atoms with Crippen LogP contribution in [0, 0.1) is 6.92 Å². The van der Waals surface area contributed by atoms with Gasteiger partial charge in [0.25, 0.3) is 5.91 Å². The van der Waals surface area contributed by atoms with E-state index in [0.29, 0.717) is 28.8 Å². The van der Waals surface area contributed by atoms with Gasteiger partial charge in [-0.1, -0.05) is 11.6 Å². The van der Waals surface area contributed by atoms with E-state index in [4.69, 9.17) is 16.0 Å². The van der Waals surface area contributed by atoms with Gasteiger partial charge in [-0.2, -0.15) is 0 Å². The van der Waals surface area contributed by atoms with Crippen LogP contribution in [0.25, 0.3) is 11.3 Å². The Labute approximate surface area is 173 Å². The van der Waals surface area contributed by atoms with Crippen molar-refractivity contribution < 1.29 is 14.0 Å². The fourth-order valence-corrected chi connectivity index (χ4v) is 3.65. The number of nitrogens with zero attached hydrogens (tertiary/aromatic N) is 2. The highest BCUT2D eigenvalue weighted by molar-refractivity contribution is 6.30. The molecule has 0 unspecified atom stereocenters. The Morgan fingerprint density at radius 2 is 1.97 bits per heavy atom. The lowest BCUT2D eigenvalue weighted by Crippen LogP contribution is -2.26. The van der Waals surface area contributed by atoms with Crippen LogP contribution in [-0.2, 0) is 17.8 Å². The van der Waals surface area contributed by atoms with Crippen LogP contribution in [0.3, 0.4) is 0 Å². The summed E-state index contributed by atoms with van der Waals surface area (Å²) in [5.74, 6) is 0.896. The van der Waals surface area contributed by atoms with Gasteiger partial charge < -0.3 is 14.6 Å². The van der Waals surface area contributed by atoms with Gasteiger partial charge in [0.15, 0.2) is 5.76 Å². The highest BCUT2D eigenvalue weighted by atomic mass is 35.5. The van der Waals surface area contributed by atoms with Gasteiger partial charge in [0.05, 0.1) is 12.2 Å². The lowest BCUT2D eigenvalue weighted by Gasteiger charge is -2.14. The van der Waals surface area contributed by atoms with E-state index in [0.717, 1.165) is 28.9 Å². The molecule has 2 heterocycles. The Morgan fingerprint density at radius 1 is 1.21 bits per heavy atom. The van der Waals surface area contributed by atoms with Crippen molar-refractivity contribution in [3.63, 3.8) is 0 Å². The first-order valence-corrected chi connectivity index (χ1v) is 9.71. The fraction of sp³-hybridized carbons (Fsp3) is 0.227. The molecular formula is C22H20ClN3O3. The van der Waals surface area contributed by atoms with Crippen molar-refractivity contribution in [1.82, 2.24) is 10.3 Å². The zero-order valence-electron chi connectivity index (χ0n) is 16.2. The predicted octanol–water partition coefficient (Wildman–Crippen LogP) is 4.14. The average molecular weight is 410 g/mol. The summed E-state index contributed by atoms with van der Waals surface area (Å²) < 4.78 is 5.83. The number of fused-ring (bicyclic) bond motifs is 1. The molecule has 2 amide bonds. The summed E-state index contributed by atoms with van der Waals surface area (Å²) in [5, 5.41) is 3.50. The molecule has 1 aromatic heterocycles. The van der Waals surface area contributed by atoms with Crippen LogP contribution in [0.2, 0.25) is 5.02 Å². The largest absolute Gasteiger partial charge is 0.438 e. The molecule has 3 aromatic rings. The smallest absolute Gasteiger partial charge is 0.251 e. The molecule has 6 nitrogen and oxygen atoms in total. The first-order valence-electron chi connectivity index (χ1n) is 9.34. The maximum atomic E-state index is 12.6. The molecule has 1 N–H and O–H groups in total. The van der Waals surface area contributed by atoms with Gasteiger partial charge in [-0.3, -0.25) is 9.59 Å². The molecule has 1 aliphatic rings. The van der Waals surface area contributed by atoms with Crippen LogP contribution in [-0.4, -0.2) is 23.3 Å². The number of hydrogen-bond donors (Lipinski definition) is 1. The number of oxazole rings is 1. The molecule has 0 fully saturated rings. The number of amides is 2. The third-order valence-corrected chi connectivity index (χ3v) is 5.22. The van der Waals surface area contributed by atoms with Crippen molar-refractivity contribution in [2.24, 2.45) is 0 Å². The number of nitrogens with one attached hydrogen (secondary N) is 1. The third kappa shape index (κ3) is 3.89. The Balaban J connectivity index is 1.45. The highest BCUT2D eigenvalue weighted by Gasteiger charge is 2.23. The number of benzene rings is 2. The fourth-order valence-electron chi connectivity index (χ4n) is 3.53. The molecule has 1 aliphatic heterocycles. The molecule has 148 valence electrons. The Kier molecular flexibility index (Phi) is 5.11. The quantitative estimate of drug-likeness (QED) is 0.702. The van der Waals surface area contributed by atoms with E-state index in [9.17, 15) is 9.59 Å². The van der Waals surface area contributed by atoms with Crippen molar-refractivity contribution in [1.29, 1.82) is 0 Å². The van der Waals surface area contributed by atoms with Crippen LogP contribution < -0.4 is 10.2 Å². The summed E-state index contributed by atoms with van der Waals surface area (Å²) in [5.41, 5.74) is 4.06. The highest BCUT2D eigenvalue weighted by Crippen LogP contribution is 2.29. The zero-order valence-corrected chi connectivity index (χ0v) is 16.9. The number of carbonyl (C=O) groups excluding carboxylic acids is 2. The molecule has 29 heavy (non-hydrogen) atoms. The topological polar surface area (TPSA) is 75.4 Å². The molecule has 0 aliphatic carbocycles. The summed E-state index contributed by atoms with van der Waals surface area (Å²) in [6.45, 7) is 4.25. The van der Waals surface area contributed by atoms with Gasteiger partial charge in [-0.05, 0) is 61.4 Å². The van der Waals surface area contributed by atoms with Crippen molar-refractivity contribution in [3.05, 3.63) is 70.2 Å². The molecule has 2 aromatic carbocycles. The molecule has 0 radical (unpaired) electrons. The molecule has 7 heteroatoms. The molecule has 0 saturated carbocycles. The Hall–Kier alpha value is -3.12. The normalized spacial score (nSPS) is 12.7. The van der Waals surface area contributed by atoms with Crippen molar-refractivity contribution in [2.75, 3.05) is 11.4 Å². The van der Waals surface area contributed by atoms with Crippen molar-refractivity contribution >= 4 is 29.1 Å². The molecular weight excluding hydrogens is 390 g/mol. The van der Waals surface area contributed by atoms with E-state index < -0.39 is 0 Å². The summed E-state index contributed by atoms with van der Waals surface area (Å²) in [6, 6.07) is 12.7. The number of halogens is 1. The second-order valence-electron chi connectivity index (χ2n) is 6.98. The summed E-state index contributed by atoms with van der Waals surface area (Å²) >= 11 is 5.93. The third-order valence-electron chi connectivity index (χ3n) is 4.96. The maximum absolute atomic E-state index is 12.6. The van der Waals surface area contributed by atoms with Gasteiger partial charge >= 0.3 is 0 Å². The van der Waals surface area contributed by atoms with Crippen LogP contribution in [0.15, 0.2) is 46.9 Å². The maximum Gasteiger partial charge on any atom is 0.251 e. The van der Waals surface area contributed by atoms with Crippen molar-refractivity contribution in [2.45, 2.75) is 26.8 Å². The minimum atomic E-state index is -0.210. The van der Waals surface area contributed by atoms with E-state index in [1.807, 2.05) is 31.2 Å². The predicted molar refractivity (Wildman–Crippen MR) is 111 cm³/mol. The first-order chi connectivity index (χ1) is 13.9. The second kappa shape index (κ2) is 7.72. The van der Waals surface area contributed by atoms with E-state index in [1.54, 1.807) is 30.0 Å². The first kappa shape index (κ1) is 19.2. The standard InChI is InChI=1S/C22H20ClN3O3/c1-13-21(15-3-6-18(23)7-4-15)29-20(25-13)12-24-22(28)17-5-8-19-16(11-17)9-10-26(19)14(2)27/h3-8,11H,9-10,12H2,1-2H3,(H,24,28). The molecule has 0 bridgehead atoms. The molecule has 0 saturated heterocycles. The minimum absolute atomic E-state index is 0.0108. The number of anilines is 1. The number of aryl methyl sites for hydroxylation is 1. The van der Waals surface area contributed by atoms with E-state index >= 15 is 0 Å². The summed E-state index contributed by atoms with van der Waals surface area (Å²) in [7, 11) is 0. The lowest BCUT2D eigenvalue weighted by molar-refractivity contribution is -0.116. The van der Waals surface area contributed by atoms with Gasteiger partial charge in [-0.15, -0.1) is 0 Å². The van der Waals surface area contributed by atoms with Crippen LogP contribution >= 0.6 is 11.6 Å². The number of rotatable bonds is 4. The average Bonchev–Trinajstić information content (AvgIpc) is 3.29. The summed E-state index contributed by atoms with van der Waals surface area (Å²) in [6.07, 6.45) is 0.749. The van der Waals surface area contributed by atoms with Gasteiger partial charge in [0.2, 0.25) is 11.8 Å². The summed E-state index contributed by atoms with van der Waals surface area (Å²) in [4.78, 5) is 30.3. The van der Waals surface area contributed by atoms with Gasteiger partial charge in [0.1, 0.15) is 0 Å². The Morgan fingerprint density at radius 3 is 2.69 bits per heavy atom. The zero-order chi connectivity index (χ0) is 20.5. The number of hydrogen-bond acceptors (Lipinski definition) is 4. The minimum Gasteiger partial charge on any atom is -0.438 e. The number of carbonyl (C=O) groups is 2. The molecule has 0 spiro atoms. The molecule has 4 rings (SSSR count). The van der Waals surface area contributed by atoms with Gasteiger partial charge in [0, 0.05) is 35.3 Å². The molecule has 0 atom stereocenters. The van der Waals surface area contributed by atoms with Crippen molar-refractivity contribution in [3.8, 4) is 11.3 Å². The Bertz CT molecular complexity index is 1090. The van der Waals surface area contributed by atoms with Crippen LogP contribution in [0.1, 0.15) is 34.4 Å². The van der Waals surface area contributed by atoms with E-state index in [2.05, 4.69) is 10.3 Å².